The van der Waals surface area contributed by atoms with E-state index in [1.54, 1.807) is 12.3 Å². The molecule has 1 aliphatic carbocycles. The molecule has 1 aromatic carbocycles. The van der Waals surface area contributed by atoms with Gasteiger partial charge in [-0.2, -0.15) is 0 Å². The molecule has 1 aromatic heterocycles. The van der Waals surface area contributed by atoms with Crippen LogP contribution in [0.5, 0.6) is 0 Å². The molecule has 23 heavy (non-hydrogen) atoms. The highest BCUT2D eigenvalue weighted by Gasteiger charge is 2.37. The third-order valence-corrected chi connectivity index (χ3v) is 4.70. The molecule has 0 aliphatic heterocycles. The van der Waals surface area contributed by atoms with Gasteiger partial charge in [-0.1, -0.05) is 37.1 Å². The number of amides is 1. The van der Waals surface area contributed by atoms with Gasteiger partial charge in [0.2, 0.25) is 5.91 Å². The molecule has 3 nitrogen and oxygen atoms in total. The molecule has 120 valence electrons. The standard InChI is InChI=1S/C19H21FN2O/c20-17-9-2-1-8-16(17)19(10-4-5-11-19)14-22-18(23)13-15-7-3-6-12-21-15/h1-3,6-9,12H,4-5,10-11,13-14H2,(H,22,23). The number of pyridine rings is 1. The molecule has 2 aromatic rings. The van der Waals surface area contributed by atoms with Crippen LogP contribution in [0.25, 0.3) is 0 Å². The number of hydrogen-bond donors (Lipinski definition) is 1. The summed E-state index contributed by atoms with van der Waals surface area (Å²) in [6.07, 6.45) is 5.92. The van der Waals surface area contributed by atoms with Crippen molar-refractivity contribution in [3.8, 4) is 0 Å². The van der Waals surface area contributed by atoms with Crippen LogP contribution in [0.15, 0.2) is 48.7 Å². The quantitative estimate of drug-likeness (QED) is 0.919. The maximum absolute atomic E-state index is 14.2. The van der Waals surface area contributed by atoms with Crippen molar-refractivity contribution in [3.05, 3.63) is 65.7 Å². The number of halogens is 1. The lowest BCUT2D eigenvalue weighted by Gasteiger charge is -2.30. The molecule has 3 rings (SSSR count). The van der Waals surface area contributed by atoms with E-state index < -0.39 is 0 Å². The van der Waals surface area contributed by atoms with E-state index in [9.17, 15) is 9.18 Å². The van der Waals surface area contributed by atoms with Crippen LogP contribution in [0, 0.1) is 5.82 Å². The van der Waals surface area contributed by atoms with Gasteiger partial charge in [-0.05, 0) is 36.6 Å². The van der Waals surface area contributed by atoms with Crippen LogP contribution >= 0.6 is 0 Å². The Hall–Kier alpha value is -2.23. The zero-order valence-corrected chi connectivity index (χ0v) is 13.1. The Kier molecular flexibility index (Phi) is 4.70. The number of hydrogen-bond acceptors (Lipinski definition) is 2. The Morgan fingerprint density at radius 1 is 1.13 bits per heavy atom. The van der Waals surface area contributed by atoms with Crippen molar-refractivity contribution in [1.29, 1.82) is 0 Å². The first-order chi connectivity index (χ1) is 11.2. The fourth-order valence-corrected chi connectivity index (χ4v) is 3.48. The maximum atomic E-state index is 14.2. The second-order valence-corrected chi connectivity index (χ2v) is 6.24. The minimum absolute atomic E-state index is 0.0636. The molecule has 0 unspecified atom stereocenters. The largest absolute Gasteiger partial charge is 0.355 e. The number of aromatic nitrogens is 1. The molecule has 1 amide bonds. The topological polar surface area (TPSA) is 42.0 Å². The van der Waals surface area contributed by atoms with Gasteiger partial charge >= 0.3 is 0 Å². The van der Waals surface area contributed by atoms with Gasteiger partial charge in [0.15, 0.2) is 0 Å². The number of rotatable bonds is 5. The number of carbonyl (C=O) groups excluding carboxylic acids is 1. The lowest BCUT2D eigenvalue weighted by atomic mass is 9.78. The van der Waals surface area contributed by atoms with Gasteiger partial charge in [0, 0.05) is 23.9 Å². The predicted octanol–water partition coefficient (Wildman–Crippen LogP) is 3.39. The highest BCUT2D eigenvalue weighted by atomic mass is 19.1. The SMILES string of the molecule is O=C(Cc1ccccn1)NCC1(c2ccccc2F)CCCC1. The van der Waals surface area contributed by atoms with Gasteiger partial charge in [0.05, 0.1) is 6.42 Å². The van der Waals surface area contributed by atoms with Gasteiger partial charge in [-0.3, -0.25) is 9.78 Å². The summed E-state index contributed by atoms with van der Waals surface area (Å²) in [6.45, 7) is 0.486. The maximum Gasteiger partial charge on any atom is 0.226 e. The molecule has 0 atom stereocenters. The first kappa shape index (κ1) is 15.7. The second-order valence-electron chi connectivity index (χ2n) is 6.24. The summed E-state index contributed by atoms with van der Waals surface area (Å²) in [7, 11) is 0. The van der Waals surface area contributed by atoms with Gasteiger partial charge < -0.3 is 5.32 Å². The monoisotopic (exact) mass is 312 g/mol. The molecule has 1 heterocycles. The van der Waals surface area contributed by atoms with Crippen LogP contribution in [0.4, 0.5) is 4.39 Å². The minimum Gasteiger partial charge on any atom is -0.355 e. The zero-order valence-electron chi connectivity index (χ0n) is 13.1. The van der Waals surface area contributed by atoms with E-state index in [0.717, 1.165) is 36.9 Å². The van der Waals surface area contributed by atoms with E-state index in [0.29, 0.717) is 6.54 Å². The third-order valence-electron chi connectivity index (χ3n) is 4.70. The Morgan fingerprint density at radius 3 is 2.57 bits per heavy atom. The molecule has 1 aliphatic rings. The molecule has 0 saturated heterocycles. The Labute approximate surface area is 135 Å². The highest BCUT2D eigenvalue weighted by Crippen LogP contribution is 2.41. The zero-order chi connectivity index (χ0) is 16.1. The molecule has 0 radical (unpaired) electrons. The molecule has 0 bridgehead atoms. The van der Waals surface area contributed by atoms with E-state index in [1.165, 1.54) is 6.07 Å². The Balaban J connectivity index is 1.69. The summed E-state index contributed by atoms with van der Waals surface area (Å²) in [4.78, 5) is 16.4. The summed E-state index contributed by atoms with van der Waals surface area (Å²) >= 11 is 0. The van der Waals surface area contributed by atoms with Crippen molar-refractivity contribution in [2.24, 2.45) is 0 Å². The Morgan fingerprint density at radius 2 is 1.87 bits per heavy atom. The van der Waals surface area contributed by atoms with Crippen molar-refractivity contribution < 1.29 is 9.18 Å². The Bertz CT molecular complexity index is 666. The van der Waals surface area contributed by atoms with Crippen LogP contribution in [-0.2, 0) is 16.6 Å². The second kappa shape index (κ2) is 6.90. The summed E-state index contributed by atoms with van der Waals surface area (Å²) in [5, 5.41) is 2.99. The molecule has 1 N–H and O–H groups in total. The molecule has 4 heteroatoms. The smallest absolute Gasteiger partial charge is 0.226 e. The fraction of sp³-hybridized carbons (Fsp3) is 0.368. The molecule has 1 saturated carbocycles. The number of carbonyl (C=O) groups is 1. The third kappa shape index (κ3) is 3.58. The molecule has 1 fully saturated rings. The average Bonchev–Trinajstić information content (AvgIpc) is 3.04. The molecule has 0 spiro atoms. The van der Waals surface area contributed by atoms with E-state index in [2.05, 4.69) is 10.3 Å². The van der Waals surface area contributed by atoms with E-state index >= 15 is 0 Å². The van der Waals surface area contributed by atoms with Crippen molar-refractivity contribution in [2.75, 3.05) is 6.54 Å². The number of nitrogens with zero attached hydrogens (tertiary/aromatic N) is 1. The average molecular weight is 312 g/mol. The predicted molar refractivity (Wildman–Crippen MR) is 87.5 cm³/mol. The minimum atomic E-state index is -0.273. The summed E-state index contributed by atoms with van der Waals surface area (Å²) in [6, 6.07) is 12.5. The van der Waals surface area contributed by atoms with Crippen LogP contribution in [0.3, 0.4) is 0 Å². The van der Waals surface area contributed by atoms with Gasteiger partial charge in [0.25, 0.3) is 0 Å². The summed E-state index contributed by atoms with van der Waals surface area (Å²) < 4.78 is 14.2. The van der Waals surface area contributed by atoms with Gasteiger partial charge in [0.1, 0.15) is 5.82 Å². The van der Waals surface area contributed by atoms with Crippen molar-refractivity contribution in [2.45, 2.75) is 37.5 Å². The first-order valence-electron chi connectivity index (χ1n) is 8.11. The van der Waals surface area contributed by atoms with E-state index in [4.69, 9.17) is 0 Å². The lowest BCUT2D eigenvalue weighted by Crippen LogP contribution is -2.40. The molecular formula is C19H21FN2O. The number of benzene rings is 1. The first-order valence-corrected chi connectivity index (χ1v) is 8.11. The van der Waals surface area contributed by atoms with E-state index in [1.807, 2.05) is 30.3 Å². The number of nitrogens with one attached hydrogen (secondary N) is 1. The summed E-state index contributed by atoms with van der Waals surface area (Å²) in [5.41, 5.74) is 1.21. The van der Waals surface area contributed by atoms with Crippen molar-refractivity contribution in [3.63, 3.8) is 0 Å². The van der Waals surface area contributed by atoms with Gasteiger partial charge in [-0.15, -0.1) is 0 Å². The fourth-order valence-electron chi connectivity index (χ4n) is 3.48. The van der Waals surface area contributed by atoms with Crippen LogP contribution < -0.4 is 5.32 Å². The van der Waals surface area contributed by atoms with Crippen molar-refractivity contribution in [1.82, 2.24) is 10.3 Å². The van der Waals surface area contributed by atoms with Crippen LogP contribution in [-0.4, -0.2) is 17.4 Å². The van der Waals surface area contributed by atoms with E-state index in [-0.39, 0.29) is 23.6 Å². The van der Waals surface area contributed by atoms with Crippen LogP contribution in [0.1, 0.15) is 36.9 Å². The van der Waals surface area contributed by atoms with Crippen LogP contribution in [0.2, 0.25) is 0 Å². The summed E-state index contributed by atoms with van der Waals surface area (Å²) in [5.74, 6) is -0.236. The van der Waals surface area contributed by atoms with Gasteiger partial charge in [-0.25, -0.2) is 4.39 Å². The normalized spacial score (nSPS) is 16.2. The lowest BCUT2D eigenvalue weighted by molar-refractivity contribution is -0.120. The molecular weight excluding hydrogens is 291 g/mol. The van der Waals surface area contributed by atoms with Crippen molar-refractivity contribution >= 4 is 5.91 Å². The highest BCUT2D eigenvalue weighted by molar-refractivity contribution is 5.78.